The molecule has 1 aromatic carbocycles. The number of imidazole rings is 1. The number of rotatable bonds is 3. The fraction of sp³-hybridized carbons (Fsp3) is 0.379. The Balaban J connectivity index is 1.57. The molecular weight excluding hydrogens is 469 g/mol. The monoisotopic (exact) mass is 497 g/mol. The van der Waals surface area contributed by atoms with Gasteiger partial charge in [-0.1, -0.05) is 26.0 Å². The van der Waals surface area contributed by atoms with Crippen molar-refractivity contribution in [3.8, 4) is 23.1 Å². The Labute approximate surface area is 215 Å². The van der Waals surface area contributed by atoms with Crippen LogP contribution in [0.5, 0.6) is 0 Å². The van der Waals surface area contributed by atoms with Gasteiger partial charge in [-0.2, -0.15) is 5.26 Å². The molecule has 0 saturated carbocycles. The fourth-order valence-corrected chi connectivity index (χ4v) is 6.32. The van der Waals surface area contributed by atoms with E-state index in [0.29, 0.717) is 31.1 Å². The maximum atomic E-state index is 14.4. The lowest BCUT2D eigenvalue weighted by Gasteiger charge is -2.44. The summed E-state index contributed by atoms with van der Waals surface area (Å²) in [6, 6.07) is 12.6. The molecule has 0 unspecified atom stereocenters. The van der Waals surface area contributed by atoms with Gasteiger partial charge in [0.2, 0.25) is 0 Å². The Bertz CT molecular complexity index is 1470. The average Bonchev–Trinajstić information content (AvgIpc) is 3.32. The van der Waals surface area contributed by atoms with Crippen LogP contribution in [0.2, 0.25) is 0 Å². The van der Waals surface area contributed by atoms with Crippen LogP contribution >= 0.6 is 0 Å². The topological polar surface area (TPSA) is 84.0 Å². The van der Waals surface area contributed by atoms with Crippen molar-refractivity contribution in [1.82, 2.24) is 14.5 Å². The first kappa shape index (κ1) is 23.6. The first-order valence-corrected chi connectivity index (χ1v) is 12.7. The molecule has 1 aliphatic heterocycles. The molecule has 0 radical (unpaired) electrons. The van der Waals surface area contributed by atoms with E-state index in [1.165, 1.54) is 12.1 Å². The highest BCUT2D eigenvalue weighted by molar-refractivity contribution is 6.02. The Morgan fingerprint density at radius 1 is 1.22 bits per heavy atom. The number of nitriles is 1. The van der Waals surface area contributed by atoms with Gasteiger partial charge in [0, 0.05) is 41.9 Å². The first-order chi connectivity index (χ1) is 17.9. The van der Waals surface area contributed by atoms with Gasteiger partial charge in [-0.05, 0) is 49.1 Å². The second kappa shape index (κ2) is 8.93. The summed E-state index contributed by atoms with van der Waals surface area (Å²) in [5.41, 5.74) is 3.01. The number of ketones is 1. The molecule has 0 N–H and O–H groups in total. The Morgan fingerprint density at radius 2 is 2.03 bits per heavy atom. The van der Waals surface area contributed by atoms with E-state index in [4.69, 9.17) is 9.72 Å². The van der Waals surface area contributed by atoms with Crippen molar-refractivity contribution in [1.29, 1.82) is 5.26 Å². The van der Waals surface area contributed by atoms with Crippen LogP contribution in [0.15, 0.2) is 54.2 Å². The zero-order valence-electron chi connectivity index (χ0n) is 20.9. The lowest BCUT2D eigenvalue weighted by atomic mass is 9.58. The zero-order chi connectivity index (χ0) is 25.7. The van der Waals surface area contributed by atoms with Crippen molar-refractivity contribution < 1.29 is 13.9 Å². The van der Waals surface area contributed by atoms with Crippen LogP contribution in [-0.2, 0) is 21.4 Å². The van der Waals surface area contributed by atoms with E-state index >= 15 is 0 Å². The second-order valence-electron chi connectivity index (χ2n) is 10.3. The maximum absolute atomic E-state index is 14.4. The van der Waals surface area contributed by atoms with Crippen LogP contribution in [0, 0.1) is 29.0 Å². The molecule has 3 aromatic rings. The predicted octanol–water partition coefficient (Wildman–Crippen LogP) is 4.40. The minimum Gasteiger partial charge on any atom is -0.378 e. The van der Waals surface area contributed by atoms with Gasteiger partial charge in [-0.3, -0.25) is 9.36 Å². The Kier molecular flexibility index (Phi) is 5.68. The highest BCUT2D eigenvalue weighted by Crippen LogP contribution is 2.50. The van der Waals surface area contributed by atoms with Crippen molar-refractivity contribution in [3.63, 3.8) is 0 Å². The molecule has 0 spiro atoms. The molecule has 188 valence electrons. The van der Waals surface area contributed by atoms with Crippen molar-refractivity contribution in [2.45, 2.75) is 32.1 Å². The summed E-state index contributed by atoms with van der Waals surface area (Å²) in [5.74, 6) is 0.899. The SMILES string of the molecule is C[C@H]1C(=O)C(C#N)=C[C@@]2(C)c3nc(-c4ccnc(N5CCOCC5)c4)n(-c4cccc(F)c4)c3CC[C@H]12. The largest absolute Gasteiger partial charge is 0.378 e. The number of anilines is 1. The quantitative estimate of drug-likeness (QED) is 0.533. The summed E-state index contributed by atoms with van der Waals surface area (Å²) >= 11 is 0. The normalized spacial score (nSPS) is 25.2. The molecule has 3 atom stereocenters. The minimum atomic E-state index is -0.584. The van der Waals surface area contributed by atoms with Gasteiger partial charge >= 0.3 is 0 Å². The number of fused-ring (bicyclic) bond motifs is 3. The summed E-state index contributed by atoms with van der Waals surface area (Å²) in [6.45, 7) is 6.83. The molecule has 2 aromatic heterocycles. The Hall–Kier alpha value is -3.83. The molecule has 2 aliphatic carbocycles. The van der Waals surface area contributed by atoms with Gasteiger partial charge in [0.25, 0.3) is 0 Å². The third-order valence-electron chi connectivity index (χ3n) is 8.20. The summed E-state index contributed by atoms with van der Waals surface area (Å²) in [5, 5.41) is 9.71. The molecular formula is C29H28FN5O2. The molecule has 3 heterocycles. The number of hydrogen-bond acceptors (Lipinski definition) is 6. The van der Waals surface area contributed by atoms with E-state index < -0.39 is 5.41 Å². The van der Waals surface area contributed by atoms with Gasteiger partial charge < -0.3 is 9.64 Å². The van der Waals surface area contributed by atoms with Crippen molar-refractivity contribution in [3.05, 3.63) is 71.4 Å². The summed E-state index contributed by atoms with van der Waals surface area (Å²) in [4.78, 5) is 24.8. The number of hydrogen-bond donors (Lipinski definition) is 0. The predicted molar refractivity (Wildman–Crippen MR) is 137 cm³/mol. The van der Waals surface area contributed by atoms with E-state index in [1.54, 1.807) is 12.3 Å². The maximum Gasteiger partial charge on any atom is 0.176 e. The molecule has 3 aliphatic rings. The van der Waals surface area contributed by atoms with Crippen molar-refractivity contribution >= 4 is 11.6 Å². The molecule has 8 heteroatoms. The standard InChI is InChI=1S/C29H28FN5O2/c1-18-23-6-7-24-27(29(23,2)16-20(17-31)26(18)36)33-28(35(24)22-5-3-4-21(30)15-22)19-8-9-32-25(14-19)34-10-12-37-13-11-34/h3-5,8-9,14-16,18,23H,6-7,10-13H2,1-2H3/t18-,23-,29-/m1/s1. The first-order valence-electron chi connectivity index (χ1n) is 12.7. The third-order valence-corrected chi connectivity index (χ3v) is 8.20. The Morgan fingerprint density at radius 3 is 2.78 bits per heavy atom. The van der Waals surface area contributed by atoms with Crippen LogP contribution in [0.25, 0.3) is 17.1 Å². The number of allylic oxidation sites excluding steroid dienone is 2. The van der Waals surface area contributed by atoms with Gasteiger partial charge in [0.15, 0.2) is 5.78 Å². The number of aromatic nitrogens is 3. The number of benzene rings is 1. The lowest BCUT2D eigenvalue weighted by molar-refractivity contribution is -0.121. The van der Waals surface area contributed by atoms with Crippen LogP contribution < -0.4 is 4.90 Å². The van der Waals surface area contributed by atoms with E-state index in [1.807, 2.05) is 35.8 Å². The van der Waals surface area contributed by atoms with Gasteiger partial charge in [-0.15, -0.1) is 0 Å². The number of Topliss-reactive ketones (excluding diaryl/α,β-unsaturated/α-hetero) is 1. The second-order valence-corrected chi connectivity index (χ2v) is 10.3. The summed E-state index contributed by atoms with van der Waals surface area (Å²) in [7, 11) is 0. The number of carbonyl (C=O) groups excluding carboxylic acids is 1. The fourth-order valence-electron chi connectivity index (χ4n) is 6.32. The van der Waals surface area contributed by atoms with Gasteiger partial charge in [0.1, 0.15) is 23.5 Å². The lowest BCUT2D eigenvalue weighted by Crippen LogP contribution is -2.45. The number of nitrogens with zero attached hydrogens (tertiary/aromatic N) is 5. The van der Waals surface area contributed by atoms with Crippen LogP contribution in [0.3, 0.4) is 0 Å². The molecule has 7 nitrogen and oxygen atoms in total. The number of carbonyl (C=O) groups is 1. The van der Waals surface area contributed by atoms with E-state index in [9.17, 15) is 14.4 Å². The van der Waals surface area contributed by atoms with E-state index in [-0.39, 0.29) is 29.0 Å². The highest BCUT2D eigenvalue weighted by Gasteiger charge is 2.50. The number of morpholine rings is 1. The molecule has 0 bridgehead atoms. The third kappa shape index (κ3) is 3.77. The smallest absolute Gasteiger partial charge is 0.176 e. The molecule has 1 saturated heterocycles. The minimum absolute atomic E-state index is 0.0367. The number of ether oxygens (including phenoxy) is 1. The summed E-state index contributed by atoms with van der Waals surface area (Å²) in [6.07, 6.45) is 5.08. The molecule has 37 heavy (non-hydrogen) atoms. The average molecular weight is 498 g/mol. The zero-order valence-corrected chi connectivity index (χ0v) is 20.9. The summed E-state index contributed by atoms with van der Waals surface area (Å²) < 4.78 is 22.0. The van der Waals surface area contributed by atoms with E-state index in [0.717, 1.165) is 42.3 Å². The van der Waals surface area contributed by atoms with E-state index in [2.05, 4.69) is 22.9 Å². The molecule has 1 fully saturated rings. The van der Waals surface area contributed by atoms with Crippen LogP contribution in [0.1, 0.15) is 31.7 Å². The van der Waals surface area contributed by atoms with Gasteiger partial charge in [0.05, 0.1) is 30.2 Å². The number of pyridine rings is 1. The van der Waals surface area contributed by atoms with Crippen LogP contribution in [0.4, 0.5) is 10.2 Å². The van der Waals surface area contributed by atoms with Crippen LogP contribution in [-0.4, -0.2) is 46.6 Å². The van der Waals surface area contributed by atoms with Crippen molar-refractivity contribution in [2.24, 2.45) is 11.8 Å². The molecule has 0 amide bonds. The number of halogens is 1. The molecule has 6 rings (SSSR count). The van der Waals surface area contributed by atoms with Gasteiger partial charge in [-0.25, -0.2) is 14.4 Å². The van der Waals surface area contributed by atoms with Crippen molar-refractivity contribution in [2.75, 3.05) is 31.2 Å². The highest BCUT2D eigenvalue weighted by atomic mass is 19.1.